The van der Waals surface area contributed by atoms with Gasteiger partial charge in [0.15, 0.2) is 12.3 Å². The molecule has 4 nitrogen and oxygen atoms in total. The molecule has 0 amide bonds. The van der Waals surface area contributed by atoms with Crippen molar-refractivity contribution in [3.63, 3.8) is 0 Å². The van der Waals surface area contributed by atoms with E-state index in [0.29, 0.717) is 24.5 Å². The lowest BCUT2D eigenvalue weighted by Gasteiger charge is -2.14. The van der Waals surface area contributed by atoms with Crippen LogP contribution in [0.25, 0.3) is 11.1 Å². The number of ether oxygens (including phenoxy) is 3. The highest BCUT2D eigenvalue weighted by Crippen LogP contribution is 2.25. The topological polar surface area (TPSA) is 44.8 Å². The van der Waals surface area contributed by atoms with Gasteiger partial charge in [-0.05, 0) is 55.2 Å². The molecule has 0 N–H and O–H groups in total. The molecule has 2 aromatic carbocycles. The second-order valence-electron chi connectivity index (χ2n) is 8.18. The van der Waals surface area contributed by atoms with E-state index in [0.717, 1.165) is 30.4 Å². The molecule has 0 aliphatic rings. The summed E-state index contributed by atoms with van der Waals surface area (Å²) in [5, 5.41) is 0. The summed E-state index contributed by atoms with van der Waals surface area (Å²) in [6.45, 7) is 5.91. The van der Waals surface area contributed by atoms with Crippen molar-refractivity contribution >= 4 is 5.97 Å². The van der Waals surface area contributed by atoms with Crippen molar-refractivity contribution in [2.75, 3.05) is 13.2 Å². The van der Waals surface area contributed by atoms with Crippen LogP contribution in [0.1, 0.15) is 59.3 Å². The Morgan fingerprint density at radius 3 is 2.00 bits per heavy atom. The molecule has 2 aromatic rings. The first kappa shape index (κ1) is 26.8. The number of unbranched alkanes of at least 4 members (excludes halogenated alkanes) is 3. The highest BCUT2D eigenvalue weighted by Gasteiger charge is 2.20. The number of rotatable bonds is 15. The van der Waals surface area contributed by atoms with Gasteiger partial charge in [0.25, 0.3) is 0 Å². The van der Waals surface area contributed by atoms with Crippen LogP contribution in [0.15, 0.2) is 48.5 Å². The standard InChI is InChI=1S/C27H36F2O4/c1-4-6-7-8-18-31-20(3)27(30)33-24-16-12-22(13-17-24)21-10-14-23(15-11-21)32-19-26(29)25(28)9-5-2/h10-17,20,25-26H,4-9,18-19H2,1-3H3/t20-,25-,26-/m1/s1. The average Bonchev–Trinajstić information content (AvgIpc) is 2.83. The lowest BCUT2D eigenvalue weighted by molar-refractivity contribution is -0.146. The number of carbonyl (C=O) groups excluding carboxylic acids is 1. The van der Waals surface area contributed by atoms with Gasteiger partial charge in [0, 0.05) is 6.61 Å². The van der Waals surface area contributed by atoms with Gasteiger partial charge in [-0.15, -0.1) is 0 Å². The molecule has 0 aromatic heterocycles. The third kappa shape index (κ3) is 9.50. The molecule has 182 valence electrons. The Kier molecular flexibility index (Phi) is 11.9. The molecule has 0 radical (unpaired) electrons. The Morgan fingerprint density at radius 1 is 0.818 bits per heavy atom. The van der Waals surface area contributed by atoms with Crippen LogP contribution in [0.5, 0.6) is 11.5 Å². The fourth-order valence-corrected chi connectivity index (χ4v) is 3.25. The van der Waals surface area contributed by atoms with Crippen LogP contribution in [0, 0.1) is 0 Å². The van der Waals surface area contributed by atoms with E-state index in [1.165, 1.54) is 6.42 Å². The minimum atomic E-state index is -1.63. The first-order valence-electron chi connectivity index (χ1n) is 11.9. The van der Waals surface area contributed by atoms with Crippen molar-refractivity contribution in [2.24, 2.45) is 0 Å². The quantitative estimate of drug-likeness (QED) is 0.161. The van der Waals surface area contributed by atoms with Crippen molar-refractivity contribution in [1.82, 2.24) is 0 Å². The van der Waals surface area contributed by atoms with E-state index in [2.05, 4.69) is 6.92 Å². The predicted octanol–water partition coefficient (Wildman–Crippen LogP) is 7.10. The lowest BCUT2D eigenvalue weighted by Crippen LogP contribution is -2.26. The summed E-state index contributed by atoms with van der Waals surface area (Å²) >= 11 is 0. The average molecular weight is 463 g/mol. The minimum Gasteiger partial charge on any atom is -0.490 e. The third-order valence-corrected chi connectivity index (χ3v) is 5.32. The van der Waals surface area contributed by atoms with Gasteiger partial charge in [0.05, 0.1) is 0 Å². The Bertz CT molecular complexity index is 808. The zero-order valence-electron chi connectivity index (χ0n) is 19.9. The van der Waals surface area contributed by atoms with E-state index in [4.69, 9.17) is 14.2 Å². The summed E-state index contributed by atoms with van der Waals surface area (Å²) in [7, 11) is 0. The van der Waals surface area contributed by atoms with E-state index in [1.807, 2.05) is 31.2 Å². The number of hydrogen-bond donors (Lipinski definition) is 0. The van der Waals surface area contributed by atoms with Crippen molar-refractivity contribution < 1.29 is 27.8 Å². The number of benzene rings is 2. The first-order chi connectivity index (χ1) is 15.9. The van der Waals surface area contributed by atoms with Gasteiger partial charge in [-0.2, -0.15) is 0 Å². The van der Waals surface area contributed by atoms with Crippen LogP contribution >= 0.6 is 0 Å². The highest BCUT2D eigenvalue weighted by molar-refractivity contribution is 5.77. The van der Waals surface area contributed by atoms with Crippen molar-refractivity contribution in [2.45, 2.75) is 77.7 Å². The molecule has 0 aliphatic heterocycles. The van der Waals surface area contributed by atoms with E-state index in [-0.39, 0.29) is 13.0 Å². The number of hydrogen-bond acceptors (Lipinski definition) is 4. The van der Waals surface area contributed by atoms with Crippen molar-refractivity contribution in [3.8, 4) is 22.6 Å². The monoisotopic (exact) mass is 462 g/mol. The number of alkyl halides is 2. The summed E-state index contributed by atoms with van der Waals surface area (Å²) < 4.78 is 43.6. The fourth-order valence-electron chi connectivity index (χ4n) is 3.25. The molecule has 0 bridgehead atoms. The third-order valence-electron chi connectivity index (χ3n) is 5.32. The molecular formula is C27H36F2O4. The van der Waals surface area contributed by atoms with Crippen LogP contribution in [0.4, 0.5) is 8.78 Å². The Balaban J connectivity index is 1.82. The maximum atomic E-state index is 13.8. The SMILES string of the molecule is CCCCCCO[C@H](C)C(=O)Oc1ccc(-c2ccc(OC[C@@H](F)[C@H](F)CCC)cc2)cc1. The molecule has 0 spiro atoms. The molecular weight excluding hydrogens is 426 g/mol. The number of esters is 1. The summed E-state index contributed by atoms with van der Waals surface area (Å²) in [6, 6.07) is 14.3. The van der Waals surface area contributed by atoms with Gasteiger partial charge in [-0.25, -0.2) is 13.6 Å². The summed E-state index contributed by atoms with van der Waals surface area (Å²) in [6.07, 6.45) is 1.41. The number of halogens is 2. The molecule has 0 aliphatic carbocycles. The molecule has 0 saturated heterocycles. The van der Waals surface area contributed by atoms with Crippen LogP contribution in [0.2, 0.25) is 0 Å². The summed E-state index contributed by atoms with van der Waals surface area (Å²) in [5.74, 6) is 0.520. The van der Waals surface area contributed by atoms with Gasteiger partial charge < -0.3 is 14.2 Å². The van der Waals surface area contributed by atoms with Gasteiger partial charge in [0.1, 0.15) is 24.3 Å². The largest absolute Gasteiger partial charge is 0.490 e. The molecule has 0 saturated carbocycles. The van der Waals surface area contributed by atoms with Gasteiger partial charge in [-0.3, -0.25) is 0 Å². The maximum absolute atomic E-state index is 13.8. The van der Waals surface area contributed by atoms with E-state index in [1.54, 1.807) is 31.2 Å². The molecule has 6 heteroatoms. The van der Waals surface area contributed by atoms with Gasteiger partial charge in [-0.1, -0.05) is 63.8 Å². The fraction of sp³-hybridized carbons (Fsp3) is 0.519. The maximum Gasteiger partial charge on any atom is 0.340 e. The van der Waals surface area contributed by atoms with Gasteiger partial charge in [0.2, 0.25) is 0 Å². The van der Waals surface area contributed by atoms with E-state index in [9.17, 15) is 13.6 Å². The molecule has 2 rings (SSSR count). The van der Waals surface area contributed by atoms with Crippen molar-refractivity contribution in [3.05, 3.63) is 48.5 Å². The summed E-state index contributed by atoms with van der Waals surface area (Å²) in [5.41, 5.74) is 1.85. The Hall–Kier alpha value is -2.47. The van der Waals surface area contributed by atoms with Crippen LogP contribution in [-0.4, -0.2) is 37.6 Å². The zero-order chi connectivity index (χ0) is 24.1. The van der Waals surface area contributed by atoms with Crippen LogP contribution in [-0.2, 0) is 9.53 Å². The highest BCUT2D eigenvalue weighted by atomic mass is 19.2. The second-order valence-corrected chi connectivity index (χ2v) is 8.18. The molecule has 0 heterocycles. The second kappa shape index (κ2) is 14.6. The van der Waals surface area contributed by atoms with E-state index >= 15 is 0 Å². The Morgan fingerprint density at radius 2 is 1.42 bits per heavy atom. The first-order valence-corrected chi connectivity index (χ1v) is 11.9. The molecule has 3 atom stereocenters. The number of carbonyl (C=O) groups is 1. The molecule has 0 unspecified atom stereocenters. The molecule has 0 fully saturated rings. The lowest BCUT2D eigenvalue weighted by atomic mass is 10.1. The Labute approximate surface area is 196 Å². The zero-order valence-corrected chi connectivity index (χ0v) is 19.9. The predicted molar refractivity (Wildman–Crippen MR) is 127 cm³/mol. The summed E-state index contributed by atoms with van der Waals surface area (Å²) in [4.78, 5) is 12.2. The van der Waals surface area contributed by atoms with Crippen molar-refractivity contribution in [1.29, 1.82) is 0 Å². The van der Waals surface area contributed by atoms with Gasteiger partial charge >= 0.3 is 5.97 Å². The molecule has 33 heavy (non-hydrogen) atoms. The minimum absolute atomic E-state index is 0.194. The van der Waals surface area contributed by atoms with E-state index < -0.39 is 24.4 Å². The smallest absolute Gasteiger partial charge is 0.340 e. The van der Waals surface area contributed by atoms with Crippen LogP contribution in [0.3, 0.4) is 0 Å². The normalized spacial score (nSPS) is 13.8. The van der Waals surface area contributed by atoms with Crippen LogP contribution < -0.4 is 9.47 Å².